The van der Waals surface area contributed by atoms with Crippen LogP contribution in [0.2, 0.25) is 0 Å². The predicted molar refractivity (Wildman–Crippen MR) is 191 cm³/mol. The second kappa shape index (κ2) is 13.6. The monoisotopic (exact) mass is 708 g/mol. The number of piperidine rings is 1. The van der Waals surface area contributed by atoms with Gasteiger partial charge in [-0.05, 0) is 53.9 Å². The molecule has 270 valence electrons. The first-order valence-electron chi connectivity index (χ1n) is 17.4. The maximum absolute atomic E-state index is 13.1. The highest BCUT2D eigenvalue weighted by atomic mass is 16.5. The average molecular weight is 709 g/mol. The zero-order valence-electron chi connectivity index (χ0n) is 29.3. The summed E-state index contributed by atoms with van der Waals surface area (Å²) in [7, 11) is 5.03. The van der Waals surface area contributed by atoms with Crippen molar-refractivity contribution in [1.82, 2.24) is 24.7 Å². The van der Waals surface area contributed by atoms with Gasteiger partial charge in [-0.2, -0.15) is 0 Å². The van der Waals surface area contributed by atoms with Gasteiger partial charge in [-0.1, -0.05) is 0 Å². The Kier molecular flexibility index (Phi) is 8.79. The lowest BCUT2D eigenvalue weighted by Crippen LogP contribution is -2.53. The van der Waals surface area contributed by atoms with Gasteiger partial charge in [0.1, 0.15) is 35.2 Å². The van der Waals surface area contributed by atoms with E-state index in [0.717, 1.165) is 46.5 Å². The molecular weight excluding hydrogens is 668 g/mol. The molecule has 3 fully saturated rings. The fourth-order valence-electron chi connectivity index (χ4n) is 7.61. The molecule has 52 heavy (non-hydrogen) atoms. The number of rotatable bonds is 9. The van der Waals surface area contributed by atoms with E-state index in [9.17, 15) is 19.2 Å². The molecule has 14 nitrogen and oxygen atoms in total. The molecule has 0 aliphatic carbocycles. The number of hydrogen-bond donors (Lipinski definition) is 1. The van der Waals surface area contributed by atoms with E-state index < -0.39 is 11.9 Å². The van der Waals surface area contributed by atoms with Gasteiger partial charge in [-0.3, -0.25) is 29.4 Å². The molecule has 0 radical (unpaired) electrons. The van der Waals surface area contributed by atoms with E-state index in [2.05, 4.69) is 20.1 Å². The van der Waals surface area contributed by atoms with Crippen LogP contribution in [0.25, 0.3) is 21.9 Å². The highest BCUT2D eigenvalue weighted by molar-refractivity contribution is 6.05. The average Bonchev–Trinajstić information content (AvgIpc) is 3.46. The third kappa shape index (κ3) is 6.11. The maximum atomic E-state index is 13.1. The van der Waals surface area contributed by atoms with Gasteiger partial charge in [0.15, 0.2) is 0 Å². The van der Waals surface area contributed by atoms with Crippen molar-refractivity contribution in [2.24, 2.45) is 7.05 Å². The van der Waals surface area contributed by atoms with E-state index in [4.69, 9.17) is 18.9 Å². The second-order valence-corrected chi connectivity index (χ2v) is 13.7. The number of methoxy groups -OCH3 is 2. The Labute approximate surface area is 299 Å². The summed E-state index contributed by atoms with van der Waals surface area (Å²) in [5.74, 6) is 1.87. The summed E-state index contributed by atoms with van der Waals surface area (Å²) >= 11 is 0. The number of pyridine rings is 2. The van der Waals surface area contributed by atoms with Gasteiger partial charge in [-0.15, -0.1) is 0 Å². The zero-order valence-corrected chi connectivity index (χ0v) is 29.3. The van der Waals surface area contributed by atoms with Crippen LogP contribution in [0.5, 0.6) is 17.2 Å². The van der Waals surface area contributed by atoms with Crippen LogP contribution in [0.1, 0.15) is 34.3 Å². The topological polar surface area (TPSA) is 145 Å². The molecule has 4 aliphatic heterocycles. The number of anilines is 1. The second-order valence-electron chi connectivity index (χ2n) is 13.7. The molecule has 6 heterocycles. The number of carbonyl (C=O) groups is 3. The van der Waals surface area contributed by atoms with E-state index in [1.165, 1.54) is 4.90 Å². The van der Waals surface area contributed by atoms with E-state index in [0.29, 0.717) is 74.0 Å². The molecule has 1 unspecified atom stereocenters. The lowest BCUT2D eigenvalue weighted by atomic mass is 9.98. The molecule has 1 N–H and O–H groups in total. The van der Waals surface area contributed by atoms with E-state index in [-0.39, 0.29) is 29.9 Å². The Bertz CT molecular complexity index is 2130. The van der Waals surface area contributed by atoms with Gasteiger partial charge in [0.25, 0.3) is 11.5 Å². The van der Waals surface area contributed by atoms with Gasteiger partial charge in [0.05, 0.1) is 38.4 Å². The number of nitrogens with one attached hydrogen (secondary N) is 1. The normalized spacial score (nSPS) is 19.4. The van der Waals surface area contributed by atoms with E-state index in [1.54, 1.807) is 44.2 Å². The number of hydrogen-bond acceptors (Lipinski definition) is 11. The Balaban J connectivity index is 0.974. The number of ether oxygens (including phenoxy) is 4. The highest BCUT2D eigenvalue weighted by Gasteiger charge is 2.39. The first-order valence-corrected chi connectivity index (χ1v) is 17.4. The van der Waals surface area contributed by atoms with Gasteiger partial charge in [0.2, 0.25) is 11.8 Å². The Hall–Kier alpha value is -5.47. The molecule has 4 aliphatic rings. The molecule has 8 rings (SSSR count). The molecule has 3 saturated heterocycles. The fourth-order valence-corrected chi connectivity index (χ4v) is 7.61. The number of benzene rings is 2. The first kappa shape index (κ1) is 33.7. The summed E-state index contributed by atoms with van der Waals surface area (Å²) < 4.78 is 25.3. The zero-order chi connectivity index (χ0) is 36.1. The third-order valence-corrected chi connectivity index (χ3v) is 10.4. The minimum atomic E-state index is -0.656. The van der Waals surface area contributed by atoms with Crippen molar-refractivity contribution in [1.29, 1.82) is 0 Å². The number of aromatic nitrogens is 2. The van der Waals surface area contributed by atoms with Crippen LogP contribution in [-0.2, 0) is 34.5 Å². The highest BCUT2D eigenvalue weighted by Crippen LogP contribution is 2.39. The molecule has 0 spiro atoms. The molecular formula is C38H40N6O8. The summed E-state index contributed by atoms with van der Waals surface area (Å²) in [5.41, 5.74) is 3.86. The molecule has 0 saturated carbocycles. The summed E-state index contributed by atoms with van der Waals surface area (Å²) in [6, 6.07) is 10.7. The smallest absolute Gasteiger partial charge is 0.259 e. The van der Waals surface area contributed by atoms with Crippen molar-refractivity contribution in [3.63, 3.8) is 0 Å². The molecule has 1 atom stereocenters. The van der Waals surface area contributed by atoms with E-state index in [1.807, 2.05) is 30.5 Å². The van der Waals surface area contributed by atoms with Gasteiger partial charge < -0.3 is 33.3 Å². The number of aryl methyl sites for hydroxylation is 1. The van der Waals surface area contributed by atoms with Crippen LogP contribution in [0.4, 0.5) is 5.82 Å². The van der Waals surface area contributed by atoms with Crippen LogP contribution in [-0.4, -0.2) is 103 Å². The van der Waals surface area contributed by atoms with Crippen LogP contribution >= 0.6 is 0 Å². The Morgan fingerprint density at radius 3 is 2.40 bits per heavy atom. The van der Waals surface area contributed by atoms with Crippen LogP contribution in [0.3, 0.4) is 0 Å². The number of amides is 3. The van der Waals surface area contributed by atoms with Gasteiger partial charge in [0, 0.05) is 81.6 Å². The molecule has 3 amide bonds. The Morgan fingerprint density at radius 1 is 0.942 bits per heavy atom. The predicted octanol–water partition coefficient (Wildman–Crippen LogP) is 2.48. The number of fused-ring (bicyclic) bond motifs is 2. The quantitative estimate of drug-likeness (QED) is 0.256. The standard InChI is InChI=1S/C38H40N6O8/c1-41-20-29(27-15-34(39-16-28(27)37(41)47)43-8-10-51-11-9-43)22-13-32(49-2)30(33(14-22)50-3)21-42-18-25(19-42)52-24-4-5-26-23(12-24)17-44(38(26)48)31-6-7-35(45)40-36(31)46/h4-5,12-16,20,25,31H,6-11,17-19,21H2,1-3H3,(H,40,45,46). The molecule has 2 aromatic heterocycles. The van der Waals surface area contributed by atoms with Gasteiger partial charge >= 0.3 is 0 Å². The molecule has 4 aromatic rings. The molecule has 0 bridgehead atoms. The molecule has 2 aromatic carbocycles. The van der Waals surface area contributed by atoms with Crippen molar-refractivity contribution in [3.05, 3.63) is 75.8 Å². The number of likely N-dealkylation sites (tertiary alicyclic amines) is 1. The summed E-state index contributed by atoms with van der Waals surface area (Å²) in [5, 5.41) is 3.68. The van der Waals surface area contributed by atoms with E-state index >= 15 is 0 Å². The fraction of sp³-hybridized carbons (Fsp3) is 0.395. The maximum Gasteiger partial charge on any atom is 0.259 e. The lowest BCUT2D eigenvalue weighted by Gasteiger charge is -2.39. The lowest BCUT2D eigenvalue weighted by molar-refractivity contribution is -0.136. The number of nitrogens with zero attached hydrogens (tertiary/aromatic N) is 5. The number of morpholine rings is 1. The van der Waals surface area contributed by atoms with Crippen molar-refractivity contribution in [2.75, 3.05) is 58.5 Å². The number of imide groups is 1. The van der Waals surface area contributed by atoms with Crippen LogP contribution in [0, 0.1) is 0 Å². The SMILES string of the molecule is COc1cc(-c2cn(C)c(=O)c3cnc(N4CCOCC4)cc23)cc(OC)c1CN1CC(Oc2ccc3c(c2)CN(C2CCC(=O)NC2=O)C3=O)C1. The summed E-state index contributed by atoms with van der Waals surface area (Å²) in [6.07, 6.45) is 3.99. The largest absolute Gasteiger partial charge is 0.496 e. The Morgan fingerprint density at radius 2 is 1.69 bits per heavy atom. The minimum absolute atomic E-state index is 0.0519. The molecule has 14 heteroatoms. The van der Waals surface area contributed by atoms with Crippen LogP contribution in [0.15, 0.2) is 53.6 Å². The summed E-state index contributed by atoms with van der Waals surface area (Å²) in [4.78, 5) is 60.8. The van der Waals surface area contributed by atoms with Crippen molar-refractivity contribution < 1.29 is 33.3 Å². The first-order chi connectivity index (χ1) is 25.2. The van der Waals surface area contributed by atoms with Crippen LogP contribution < -0.4 is 30.0 Å². The van der Waals surface area contributed by atoms with Crippen molar-refractivity contribution in [3.8, 4) is 28.4 Å². The third-order valence-electron chi connectivity index (χ3n) is 10.4. The summed E-state index contributed by atoms with van der Waals surface area (Å²) in [6.45, 7) is 4.95. The minimum Gasteiger partial charge on any atom is -0.496 e. The van der Waals surface area contributed by atoms with Crippen molar-refractivity contribution in [2.45, 2.75) is 38.1 Å². The van der Waals surface area contributed by atoms with Gasteiger partial charge in [-0.25, -0.2) is 4.98 Å². The number of carbonyl (C=O) groups excluding carboxylic acids is 3. The van der Waals surface area contributed by atoms with Crippen molar-refractivity contribution >= 4 is 34.3 Å².